The maximum atomic E-state index is 12.8. The van der Waals surface area contributed by atoms with E-state index in [1.165, 1.54) is 12.1 Å². The number of alkyl halides is 3. The molecule has 2 aromatic rings. The summed E-state index contributed by atoms with van der Waals surface area (Å²) in [6.45, 7) is 0. The van der Waals surface area contributed by atoms with Crippen molar-refractivity contribution in [3.8, 4) is 6.07 Å². The van der Waals surface area contributed by atoms with Crippen LogP contribution >= 0.6 is 0 Å². The summed E-state index contributed by atoms with van der Waals surface area (Å²) in [5.74, 6) is -0.591. The van der Waals surface area contributed by atoms with Crippen LogP contribution in [0.1, 0.15) is 16.8 Å². The molecule has 0 unspecified atom stereocenters. The van der Waals surface area contributed by atoms with Gasteiger partial charge < -0.3 is 4.52 Å². The van der Waals surface area contributed by atoms with Crippen LogP contribution < -0.4 is 0 Å². The summed E-state index contributed by atoms with van der Waals surface area (Å²) in [4.78, 5) is -0.531. The Morgan fingerprint density at radius 2 is 2.00 bits per heavy atom. The number of aromatic nitrogens is 1. The van der Waals surface area contributed by atoms with Crippen LogP contribution in [0.15, 0.2) is 39.9 Å². The molecule has 0 aliphatic rings. The zero-order valence-electron chi connectivity index (χ0n) is 10.3. The second kappa shape index (κ2) is 5.21. The van der Waals surface area contributed by atoms with Crippen LogP contribution in [0.4, 0.5) is 13.2 Å². The maximum absolute atomic E-state index is 12.8. The monoisotopic (exact) mass is 316 g/mol. The van der Waals surface area contributed by atoms with Gasteiger partial charge in [-0.05, 0) is 18.2 Å². The lowest BCUT2D eigenvalue weighted by Gasteiger charge is -2.10. The highest BCUT2D eigenvalue weighted by atomic mass is 32.2. The molecule has 1 aromatic carbocycles. The van der Waals surface area contributed by atoms with Crippen molar-refractivity contribution in [3.63, 3.8) is 0 Å². The molecule has 0 fully saturated rings. The van der Waals surface area contributed by atoms with Gasteiger partial charge in [-0.15, -0.1) is 0 Å². The highest BCUT2D eigenvalue weighted by Gasteiger charge is 2.35. The van der Waals surface area contributed by atoms with E-state index in [-0.39, 0.29) is 5.69 Å². The van der Waals surface area contributed by atoms with Gasteiger partial charge in [-0.25, -0.2) is 8.42 Å². The molecule has 0 atom stereocenters. The molecule has 0 saturated carbocycles. The van der Waals surface area contributed by atoms with Crippen molar-refractivity contribution in [2.75, 3.05) is 0 Å². The number of benzene rings is 1. The minimum atomic E-state index is -4.81. The zero-order valence-corrected chi connectivity index (χ0v) is 11.1. The van der Waals surface area contributed by atoms with Crippen LogP contribution in [0, 0.1) is 11.3 Å². The molecule has 110 valence electrons. The van der Waals surface area contributed by atoms with Crippen molar-refractivity contribution in [2.24, 2.45) is 0 Å². The minimum absolute atomic E-state index is 0.0768. The molecule has 0 N–H and O–H groups in total. The standard InChI is InChI=1S/C12H7F3N2O3S/c13-12(14,15)11-5-10(2-1-8(11)6-16)21(18,19)7-9-3-4-20-17-9/h1-5H,7H2. The molecule has 21 heavy (non-hydrogen) atoms. The number of halogens is 3. The van der Waals surface area contributed by atoms with E-state index in [2.05, 4.69) is 9.68 Å². The van der Waals surface area contributed by atoms with Gasteiger partial charge in [0.25, 0.3) is 0 Å². The lowest BCUT2D eigenvalue weighted by Crippen LogP contribution is -2.11. The van der Waals surface area contributed by atoms with Crippen molar-refractivity contribution in [2.45, 2.75) is 16.8 Å². The average molecular weight is 316 g/mol. The lowest BCUT2D eigenvalue weighted by atomic mass is 10.1. The average Bonchev–Trinajstić information content (AvgIpc) is 2.89. The molecule has 0 amide bonds. The maximum Gasteiger partial charge on any atom is 0.417 e. The van der Waals surface area contributed by atoms with Crippen LogP contribution in [-0.2, 0) is 21.8 Å². The third-order valence-electron chi connectivity index (χ3n) is 2.61. The predicted octanol–water partition coefficient (Wildman–Crippen LogP) is 2.54. The van der Waals surface area contributed by atoms with E-state index in [9.17, 15) is 21.6 Å². The predicted molar refractivity (Wildman–Crippen MR) is 63.6 cm³/mol. The summed E-state index contributed by atoms with van der Waals surface area (Å²) < 4.78 is 67.0. The Morgan fingerprint density at radius 3 is 2.52 bits per heavy atom. The Balaban J connectivity index is 2.48. The van der Waals surface area contributed by atoms with E-state index in [0.29, 0.717) is 6.07 Å². The first-order chi connectivity index (χ1) is 9.74. The van der Waals surface area contributed by atoms with Gasteiger partial charge in [0.05, 0.1) is 27.8 Å². The number of hydrogen-bond acceptors (Lipinski definition) is 5. The molecule has 0 saturated heterocycles. The van der Waals surface area contributed by atoms with Gasteiger partial charge in [0, 0.05) is 6.07 Å². The van der Waals surface area contributed by atoms with Crippen molar-refractivity contribution < 1.29 is 26.1 Å². The Labute approximate surface area is 117 Å². The van der Waals surface area contributed by atoms with Crippen molar-refractivity contribution in [3.05, 3.63) is 47.3 Å². The fourth-order valence-electron chi connectivity index (χ4n) is 1.64. The Morgan fingerprint density at radius 1 is 1.29 bits per heavy atom. The van der Waals surface area contributed by atoms with Crippen LogP contribution in [-0.4, -0.2) is 13.6 Å². The zero-order chi connectivity index (χ0) is 15.7. The van der Waals surface area contributed by atoms with E-state index in [1.807, 2.05) is 0 Å². The molecule has 0 bridgehead atoms. The van der Waals surface area contributed by atoms with Crippen LogP contribution in [0.2, 0.25) is 0 Å². The van der Waals surface area contributed by atoms with E-state index in [0.717, 1.165) is 18.4 Å². The number of hydrogen-bond donors (Lipinski definition) is 0. The Bertz CT molecular complexity index is 790. The van der Waals surface area contributed by atoms with E-state index in [4.69, 9.17) is 5.26 Å². The van der Waals surface area contributed by atoms with Gasteiger partial charge in [-0.3, -0.25) is 0 Å². The van der Waals surface area contributed by atoms with Gasteiger partial charge >= 0.3 is 6.18 Å². The number of nitriles is 1. The molecule has 0 radical (unpaired) electrons. The Kier molecular flexibility index (Phi) is 3.74. The fourth-order valence-corrected chi connectivity index (χ4v) is 2.92. The number of sulfone groups is 1. The summed E-state index contributed by atoms with van der Waals surface area (Å²) in [7, 11) is -4.02. The highest BCUT2D eigenvalue weighted by Crippen LogP contribution is 2.33. The first-order valence-corrected chi connectivity index (χ1v) is 7.12. The van der Waals surface area contributed by atoms with Gasteiger partial charge in [0.2, 0.25) is 0 Å². The second-order valence-electron chi connectivity index (χ2n) is 4.07. The largest absolute Gasteiger partial charge is 0.417 e. The summed E-state index contributed by atoms with van der Waals surface area (Å²) in [5, 5.41) is 12.1. The van der Waals surface area contributed by atoms with E-state index in [1.54, 1.807) is 0 Å². The first kappa shape index (κ1) is 15.1. The minimum Gasteiger partial charge on any atom is -0.364 e. The smallest absolute Gasteiger partial charge is 0.364 e. The highest BCUT2D eigenvalue weighted by molar-refractivity contribution is 7.90. The normalized spacial score (nSPS) is 12.1. The van der Waals surface area contributed by atoms with E-state index < -0.39 is 37.8 Å². The van der Waals surface area contributed by atoms with Crippen LogP contribution in [0.25, 0.3) is 0 Å². The lowest BCUT2D eigenvalue weighted by molar-refractivity contribution is -0.137. The quantitative estimate of drug-likeness (QED) is 0.869. The SMILES string of the molecule is N#Cc1ccc(S(=O)(=O)Cc2ccon2)cc1C(F)(F)F. The Hall–Kier alpha value is -2.34. The number of nitrogens with zero attached hydrogens (tertiary/aromatic N) is 2. The van der Waals surface area contributed by atoms with Crippen LogP contribution in [0.5, 0.6) is 0 Å². The molecule has 0 aliphatic carbocycles. The molecule has 9 heteroatoms. The third kappa shape index (κ3) is 3.22. The molecule has 5 nitrogen and oxygen atoms in total. The number of rotatable bonds is 3. The summed E-state index contributed by atoms with van der Waals surface area (Å²) in [6, 6.07) is 4.93. The molecule has 0 aliphatic heterocycles. The van der Waals surface area contributed by atoms with Crippen molar-refractivity contribution in [1.82, 2.24) is 5.16 Å². The van der Waals surface area contributed by atoms with Crippen LogP contribution in [0.3, 0.4) is 0 Å². The molecule has 2 rings (SSSR count). The fraction of sp³-hybridized carbons (Fsp3) is 0.167. The first-order valence-electron chi connectivity index (χ1n) is 5.47. The summed E-state index contributed by atoms with van der Waals surface area (Å²) in [6.07, 6.45) is -3.66. The van der Waals surface area contributed by atoms with E-state index >= 15 is 0 Å². The van der Waals surface area contributed by atoms with Gasteiger partial charge in [-0.2, -0.15) is 18.4 Å². The summed E-state index contributed by atoms with van der Waals surface area (Å²) >= 11 is 0. The third-order valence-corrected chi connectivity index (χ3v) is 4.25. The van der Waals surface area contributed by atoms with Crippen molar-refractivity contribution in [1.29, 1.82) is 5.26 Å². The molecule has 1 heterocycles. The molecular weight excluding hydrogens is 309 g/mol. The molecular formula is C12H7F3N2O3S. The molecule has 0 spiro atoms. The van der Waals surface area contributed by atoms with Crippen molar-refractivity contribution >= 4 is 9.84 Å². The van der Waals surface area contributed by atoms with Gasteiger partial charge in [0.15, 0.2) is 9.84 Å². The second-order valence-corrected chi connectivity index (χ2v) is 6.06. The van der Waals surface area contributed by atoms with Gasteiger partial charge in [-0.1, -0.05) is 5.16 Å². The summed E-state index contributed by atoms with van der Waals surface area (Å²) in [5.41, 5.74) is -1.85. The molecule has 1 aromatic heterocycles. The topological polar surface area (TPSA) is 84.0 Å². The van der Waals surface area contributed by atoms with Gasteiger partial charge in [0.1, 0.15) is 12.0 Å².